The van der Waals surface area contributed by atoms with Crippen LogP contribution in [0.5, 0.6) is 0 Å². The summed E-state index contributed by atoms with van der Waals surface area (Å²) in [6, 6.07) is 28.8. The highest BCUT2D eigenvalue weighted by Crippen LogP contribution is 2.49. The Hall–Kier alpha value is -2.88. The molecule has 34 heavy (non-hydrogen) atoms. The summed E-state index contributed by atoms with van der Waals surface area (Å²) in [5, 5.41) is 13.0. The van der Waals surface area contributed by atoms with Crippen LogP contribution in [0.1, 0.15) is 52.7 Å². The summed E-state index contributed by atoms with van der Waals surface area (Å²) >= 11 is 0. The molecule has 0 saturated carbocycles. The van der Waals surface area contributed by atoms with Crippen LogP contribution in [0.4, 0.5) is 0 Å². The van der Waals surface area contributed by atoms with Crippen LogP contribution in [-0.4, -0.2) is 23.8 Å². The first kappa shape index (κ1) is 22.9. The van der Waals surface area contributed by atoms with Crippen LogP contribution < -0.4 is 5.46 Å². The van der Waals surface area contributed by atoms with E-state index < -0.39 is 11.2 Å². The molecule has 5 rings (SSSR count). The van der Waals surface area contributed by atoms with Crippen molar-refractivity contribution < 1.29 is 9.76 Å². The summed E-state index contributed by atoms with van der Waals surface area (Å²) in [7, 11) is 0.471. The van der Waals surface area contributed by atoms with Gasteiger partial charge in [-0.3, -0.25) is 0 Å². The molecule has 1 aliphatic rings. The van der Waals surface area contributed by atoms with E-state index in [-0.39, 0.29) is 5.41 Å². The van der Waals surface area contributed by atoms with E-state index in [4.69, 9.17) is 4.65 Å². The van der Waals surface area contributed by atoms with Gasteiger partial charge in [0.05, 0.1) is 11.2 Å². The molecule has 0 fully saturated rings. The zero-order valence-corrected chi connectivity index (χ0v) is 21.1. The molecule has 0 heterocycles. The van der Waals surface area contributed by atoms with Crippen LogP contribution in [0.3, 0.4) is 0 Å². The minimum Gasteiger partial charge on any atom is -0.427 e. The van der Waals surface area contributed by atoms with Gasteiger partial charge in [0.2, 0.25) is 0 Å². The number of benzene rings is 4. The summed E-state index contributed by atoms with van der Waals surface area (Å²) in [4.78, 5) is 0. The molecule has 0 amide bonds. The molecule has 0 aromatic heterocycles. The molecule has 0 bridgehead atoms. The molecular formula is C31H33BO2. The van der Waals surface area contributed by atoms with Crippen molar-refractivity contribution in [3.63, 3.8) is 0 Å². The third-order valence-electron chi connectivity index (χ3n) is 7.90. The van der Waals surface area contributed by atoms with Gasteiger partial charge in [-0.2, -0.15) is 0 Å². The first-order valence-corrected chi connectivity index (χ1v) is 12.1. The highest BCUT2D eigenvalue weighted by atomic mass is 16.5. The van der Waals surface area contributed by atoms with Gasteiger partial charge in [-0.25, -0.2) is 0 Å². The van der Waals surface area contributed by atoms with E-state index in [1.807, 2.05) is 13.8 Å². The molecule has 3 heteroatoms. The zero-order chi connectivity index (χ0) is 24.3. The maximum atomic E-state index is 10.4. The summed E-state index contributed by atoms with van der Waals surface area (Å²) < 4.78 is 6.15. The smallest absolute Gasteiger partial charge is 0.309 e. The molecule has 0 saturated heterocycles. The molecule has 172 valence electrons. The maximum Gasteiger partial charge on any atom is 0.309 e. The second-order valence-electron chi connectivity index (χ2n) is 11.2. The average Bonchev–Trinajstić information content (AvgIpc) is 3.03. The molecule has 2 nitrogen and oxygen atoms in total. The molecule has 0 aliphatic heterocycles. The van der Waals surface area contributed by atoms with Crippen LogP contribution in [0.2, 0.25) is 0 Å². The second-order valence-corrected chi connectivity index (χ2v) is 11.2. The van der Waals surface area contributed by atoms with Crippen molar-refractivity contribution in [2.45, 2.75) is 58.2 Å². The number of aliphatic hydroxyl groups is 1. The van der Waals surface area contributed by atoms with Crippen molar-refractivity contribution >= 4 is 23.7 Å². The topological polar surface area (TPSA) is 29.5 Å². The Kier molecular flexibility index (Phi) is 5.27. The van der Waals surface area contributed by atoms with Crippen LogP contribution in [-0.2, 0) is 10.1 Å². The molecule has 4 aromatic carbocycles. The lowest BCUT2D eigenvalue weighted by Crippen LogP contribution is -2.49. The van der Waals surface area contributed by atoms with Gasteiger partial charge in [0.25, 0.3) is 0 Å². The van der Waals surface area contributed by atoms with Crippen LogP contribution in [0.15, 0.2) is 78.9 Å². The van der Waals surface area contributed by atoms with E-state index in [1.54, 1.807) is 13.8 Å². The van der Waals surface area contributed by atoms with Crippen molar-refractivity contribution in [3.05, 3.63) is 90.0 Å². The Morgan fingerprint density at radius 3 is 2.00 bits per heavy atom. The first-order valence-electron chi connectivity index (χ1n) is 12.1. The molecule has 0 spiro atoms. The van der Waals surface area contributed by atoms with E-state index in [0.717, 1.165) is 5.46 Å². The highest BCUT2D eigenvalue weighted by Gasteiger charge is 2.37. The van der Waals surface area contributed by atoms with Gasteiger partial charge in [-0.05, 0) is 84.0 Å². The van der Waals surface area contributed by atoms with Crippen molar-refractivity contribution in [1.82, 2.24) is 0 Å². The lowest BCUT2D eigenvalue weighted by atomic mass is 9.77. The predicted molar refractivity (Wildman–Crippen MR) is 145 cm³/mol. The van der Waals surface area contributed by atoms with Crippen LogP contribution >= 0.6 is 0 Å². The van der Waals surface area contributed by atoms with Gasteiger partial charge in [-0.1, -0.05) is 86.0 Å². The van der Waals surface area contributed by atoms with E-state index in [0.29, 0.717) is 7.48 Å². The average molecular weight is 448 g/mol. The molecule has 0 unspecified atom stereocenters. The van der Waals surface area contributed by atoms with Gasteiger partial charge in [-0.15, -0.1) is 0 Å². The van der Waals surface area contributed by atoms with E-state index in [2.05, 4.69) is 92.7 Å². The Bertz CT molecular complexity index is 1390. The van der Waals surface area contributed by atoms with Gasteiger partial charge < -0.3 is 9.76 Å². The summed E-state index contributed by atoms with van der Waals surface area (Å²) in [5.74, 6) is 0. The van der Waals surface area contributed by atoms with E-state index >= 15 is 0 Å². The fraction of sp³-hybridized carbons (Fsp3) is 0.290. The normalized spacial score (nSPS) is 14.7. The fourth-order valence-corrected chi connectivity index (χ4v) is 4.86. The predicted octanol–water partition coefficient (Wildman–Crippen LogP) is 6.36. The van der Waals surface area contributed by atoms with Crippen LogP contribution in [0.25, 0.3) is 33.0 Å². The standard InChI is InChI=1S/C31H33BO2/c1-29(2)27-18-23(22-12-11-20-9-7-8-10-21(20)17-22)13-15-25(27)26-16-14-24(19-28(26)29)32-34-31(5,6)30(3,4)33/h7-19,32-33H,1-6H3. The zero-order valence-electron chi connectivity index (χ0n) is 21.1. The quantitative estimate of drug-likeness (QED) is 0.360. The van der Waals surface area contributed by atoms with Crippen molar-refractivity contribution in [2.24, 2.45) is 0 Å². The lowest BCUT2D eigenvalue weighted by Gasteiger charge is -2.37. The molecular weight excluding hydrogens is 415 g/mol. The van der Waals surface area contributed by atoms with Crippen molar-refractivity contribution in [3.8, 4) is 22.3 Å². The minimum absolute atomic E-state index is 0.0979. The summed E-state index contributed by atoms with van der Waals surface area (Å²) in [6.45, 7) is 12.1. The summed E-state index contributed by atoms with van der Waals surface area (Å²) in [6.07, 6.45) is 0. The SMILES string of the molecule is CC1(C)c2cc(BOC(C)(C)C(C)(C)O)ccc2-c2ccc(-c3ccc4ccccc4c3)cc21. The van der Waals surface area contributed by atoms with Crippen molar-refractivity contribution in [1.29, 1.82) is 0 Å². The number of rotatable bonds is 5. The number of hydrogen-bond acceptors (Lipinski definition) is 2. The molecule has 1 aliphatic carbocycles. The van der Waals surface area contributed by atoms with E-state index in [1.165, 1.54) is 44.2 Å². The second kappa shape index (κ2) is 7.83. The summed E-state index contributed by atoms with van der Waals surface area (Å²) in [5.41, 5.74) is 7.29. The minimum atomic E-state index is -0.918. The Morgan fingerprint density at radius 2 is 1.29 bits per heavy atom. The number of hydrogen-bond donors (Lipinski definition) is 1. The molecule has 1 N–H and O–H groups in total. The monoisotopic (exact) mass is 448 g/mol. The Balaban J connectivity index is 1.48. The lowest BCUT2D eigenvalue weighted by molar-refractivity contribution is -0.0893. The molecule has 0 atom stereocenters. The van der Waals surface area contributed by atoms with Gasteiger partial charge >= 0.3 is 7.48 Å². The molecule has 4 aromatic rings. The largest absolute Gasteiger partial charge is 0.427 e. The van der Waals surface area contributed by atoms with Crippen LogP contribution in [0, 0.1) is 0 Å². The Labute approximate surface area is 203 Å². The molecule has 0 radical (unpaired) electrons. The number of fused-ring (bicyclic) bond motifs is 4. The third-order valence-corrected chi connectivity index (χ3v) is 7.90. The fourth-order valence-electron chi connectivity index (χ4n) is 4.86. The van der Waals surface area contributed by atoms with Gasteiger partial charge in [0, 0.05) is 5.41 Å². The Morgan fingerprint density at radius 1 is 0.706 bits per heavy atom. The first-order chi connectivity index (χ1) is 16.0. The van der Waals surface area contributed by atoms with Crippen molar-refractivity contribution in [2.75, 3.05) is 0 Å². The third kappa shape index (κ3) is 3.77. The maximum absolute atomic E-state index is 10.4. The van der Waals surface area contributed by atoms with Gasteiger partial charge in [0.15, 0.2) is 0 Å². The van der Waals surface area contributed by atoms with Gasteiger partial charge in [0.1, 0.15) is 0 Å². The van der Waals surface area contributed by atoms with E-state index in [9.17, 15) is 5.11 Å². The highest BCUT2D eigenvalue weighted by molar-refractivity contribution is 6.47.